The first kappa shape index (κ1) is 18.9. The summed E-state index contributed by atoms with van der Waals surface area (Å²) in [6.45, 7) is 0. The molecule has 0 bridgehead atoms. The van der Waals surface area contributed by atoms with Crippen LogP contribution in [0.15, 0.2) is 90.1 Å². The van der Waals surface area contributed by atoms with Gasteiger partial charge in [0.05, 0.1) is 5.75 Å². The van der Waals surface area contributed by atoms with Gasteiger partial charge in [-0.25, -0.2) is 4.39 Å². The van der Waals surface area contributed by atoms with E-state index >= 15 is 0 Å². The molecule has 0 saturated carbocycles. The van der Waals surface area contributed by atoms with Gasteiger partial charge in [-0.2, -0.15) is 0 Å². The van der Waals surface area contributed by atoms with Crippen LogP contribution in [0.3, 0.4) is 0 Å². The molecule has 4 rings (SSSR count). The van der Waals surface area contributed by atoms with Crippen LogP contribution in [0, 0.1) is 5.82 Å². The second-order valence-corrected chi connectivity index (χ2v) is 7.13. The van der Waals surface area contributed by atoms with Gasteiger partial charge < -0.3 is 5.32 Å². The maximum Gasteiger partial charge on any atom is 0.234 e. The van der Waals surface area contributed by atoms with Crippen molar-refractivity contribution >= 4 is 23.4 Å². The summed E-state index contributed by atoms with van der Waals surface area (Å²) >= 11 is 1.27. The Bertz CT molecular complexity index is 1120. The molecule has 1 N–H and O–H groups in total. The number of benzene rings is 3. The molecule has 3 aromatic carbocycles. The maximum atomic E-state index is 13.7. The number of thioether (sulfide) groups is 1. The number of halogens is 1. The van der Waals surface area contributed by atoms with Gasteiger partial charge in [0.15, 0.2) is 11.0 Å². The van der Waals surface area contributed by atoms with Crippen molar-refractivity contribution in [3.8, 4) is 17.1 Å². The van der Waals surface area contributed by atoms with Crippen LogP contribution in [0.25, 0.3) is 17.1 Å². The lowest BCUT2D eigenvalue weighted by molar-refractivity contribution is -0.113. The molecule has 4 aromatic rings. The van der Waals surface area contributed by atoms with Crippen molar-refractivity contribution in [2.24, 2.45) is 0 Å². The van der Waals surface area contributed by atoms with Gasteiger partial charge in [-0.3, -0.25) is 9.36 Å². The Hall–Kier alpha value is -3.45. The molecule has 0 unspecified atom stereocenters. The lowest BCUT2D eigenvalue weighted by Crippen LogP contribution is -2.14. The minimum absolute atomic E-state index is 0.142. The van der Waals surface area contributed by atoms with Crippen LogP contribution < -0.4 is 5.32 Å². The van der Waals surface area contributed by atoms with E-state index in [1.54, 1.807) is 12.1 Å². The molecule has 0 fully saturated rings. The van der Waals surface area contributed by atoms with Gasteiger partial charge >= 0.3 is 0 Å². The minimum Gasteiger partial charge on any atom is -0.325 e. The minimum atomic E-state index is -0.346. The molecule has 29 heavy (non-hydrogen) atoms. The third-order valence-corrected chi connectivity index (χ3v) is 5.05. The average molecular weight is 404 g/mol. The predicted octanol–water partition coefficient (Wildman–Crippen LogP) is 4.80. The van der Waals surface area contributed by atoms with Crippen molar-refractivity contribution in [2.45, 2.75) is 5.16 Å². The average Bonchev–Trinajstić information content (AvgIpc) is 3.18. The standard InChI is InChI=1S/C22H17FN4OS/c23-17-9-7-8-16(14-17)21-25-26-22(27(21)19-12-5-2-6-13-19)29-15-20(28)24-18-10-3-1-4-11-18/h1-14H,15H2,(H,24,28). The molecule has 5 nitrogen and oxygen atoms in total. The smallest absolute Gasteiger partial charge is 0.234 e. The Kier molecular flexibility index (Phi) is 5.67. The second kappa shape index (κ2) is 8.70. The number of amides is 1. The van der Waals surface area contributed by atoms with Crippen molar-refractivity contribution in [1.29, 1.82) is 0 Å². The van der Waals surface area contributed by atoms with E-state index in [0.717, 1.165) is 11.4 Å². The van der Waals surface area contributed by atoms with E-state index in [4.69, 9.17) is 0 Å². The summed E-state index contributed by atoms with van der Waals surface area (Å²) in [4.78, 5) is 12.3. The maximum absolute atomic E-state index is 13.7. The van der Waals surface area contributed by atoms with Gasteiger partial charge in [0.2, 0.25) is 5.91 Å². The van der Waals surface area contributed by atoms with Crippen molar-refractivity contribution < 1.29 is 9.18 Å². The highest BCUT2D eigenvalue weighted by Gasteiger charge is 2.17. The number of carbonyl (C=O) groups is 1. The van der Waals surface area contributed by atoms with E-state index in [1.165, 1.54) is 23.9 Å². The number of hydrogen-bond donors (Lipinski definition) is 1. The number of hydrogen-bond acceptors (Lipinski definition) is 4. The largest absolute Gasteiger partial charge is 0.325 e. The molecule has 1 aromatic heterocycles. The molecular weight excluding hydrogens is 387 g/mol. The summed E-state index contributed by atoms with van der Waals surface area (Å²) in [6.07, 6.45) is 0. The summed E-state index contributed by atoms with van der Waals surface area (Å²) in [5.74, 6) is 0.197. The molecule has 1 heterocycles. The number of aromatic nitrogens is 3. The van der Waals surface area contributed by atoms with Gasteiger partial charge in [-0.05, 0) is 36.4 Å². The molecule has 0 atom stereocenters. The highest BCUT2D eigenvalue weighted by Crippen LogP contribution is 2.28. The lowest BCUT2D eigenvalue weighted by atomic mass is 10.2. The fourth-order valence-corrected chi connectivity index (χ4v) is 3.59. The van der Waals surface area contributed by atoms with E-state index in [0.29, 0.717) is 16.5 Å². The number of nitrogens with one attached hydrogen (secondary N) is 1. The molecule has 0 spiro atoms. The van der Waals surface area contributed by atoms with Crippen molar-refractivity contribution in [3.05, 3.63) is 90.7 Å². The summed E-state index contributed by atoms with van der Waals surface area (Å²) < 4.78 is 15.6. The van der Waals surface area contributed by atoms with Gasteiger partial charge in [0.1, 0.15) is 5.82 Å². The third kappa shape index (κ3) is 4.52. The van der Waals surface area contributed by atoms with Crippen LogP contribution in [0.1, 0.15) is 0 Å². The Morgan fingerprint density at radius 2 is 1.66 bits per heavy atom. The highest BCUT2D eigenvalue weighted by molar-refractivity contribution is 7.99. The first-order chi connectivity index (χ1) is 14.2. The summed E-state index contributed by atoms with van der Waals surface area (Å²) in [7, 11) is 0. The van der Waals surface area contributed by atoms with Crippen LogP contribution in [-0.2, 0) is 4.79 Å². The van der Waals surface area contributed by atoms with Crippen LogP contribution >= 0.6 is 11.8 Å². The van der Waals surface area contributed by atoms with Crippen molar-refractivity contribution in [3.63, 3.8) is 0 Å². The Morgan fingerprint density at radius 3 is 2.38 bits per heavy atom. The van der Waals surface area contributed by atoms with E-state index in [-0.39, 0.29) is 17.5 Å². The number of rotatable bonds is 6. The number of para-hydroxylation sites is 2. The van der Waals surface area contributed by atoms with E-state index in [2.05, 4.69) is 15.5 Å². The number of anilines is 1. The lowest BCUT2D eigenvalue weighted by Gasteiger charge is -2.10. The fraction of sp³-hybridized carbons (Fsp3) is 0.0455. The quantitative estimate of drug-likeness (QED) is 0.469. The topological polar surface area (TPSA) is 59.8 Å². The predicted molar refractivity (Wildman–Crippen MR) is 113 cm³/mol. The zero-order valence-electron chi connectivity index (χ0n) is 15.3. The molecule has 0 radical (unpaired) electrons. The first-order valence-electron chi connectivity index (χ1n) is 8.95. The first-order valence-corrected chi connectivity index (χ1v) is 9.94. The monoisotopic (exact) mass is 404 g/mol. The summed E-state index contributed by atoms with van der Waals surface area (Å²) in [5.41, 5.74) is 2.19. The Morgan fingerprint density at radius 1 is 0.931 bits per heavy atom. The van der Waals surface area contributed by atoms with Gasteiger partial charge in [-0.15, -0.1) is 10.2 Å². The normalized spacial score (nSPS) is 10.7. The summed E-state index contributed by atoms with van der Waals surface area (Å²) in [6, 6.07) is 25.0. The molecule has 7 heteroatoms. The SMILES string of the molecule is O=C(CSc1nnc(-c2cccc(F)c2)n1-c1ccccc1)Nc1ccccc1. The van der Waals surface area contributed by atoms with E-state index in [1.807, 2.05) is 65.2 Å². The third-order valence-electron chi connectivity index (χ3n) is 4.12. The van der Waals surface area contributed by atoms with E-state index in [9.17, 15) is 9.18 Å². The molecule has 0 saturated heterocycles. The Labute approximate surface area is 171 Å². The van der Waals surface area contributed by atoms with Crippen LogP contribution in [0.2, 0.25) is 0 Å². The van der Waals surface area contributed by atoms with Gasteiger partial charge in [0.25, 0.3) is 0 Å². The number of carbonyl (C=O) groups excluding carboxylic acids is 1. The molecule has 144 valence electrons. The number of nitrogens with zero attached hydrogens (tertiary/aromatic N) is 3. The molecule has 0 aliphatic heterocycles. The van der Waals surface area contributed by atoms with E-state index < -0.39 is 0 Å². The second-order valence-electron chi connectivity index (χ2n) is 6.19. The molecule has 0 aliphatic rings. The Balaban J connectivity index is 1.61. The van der Waals surface area contributed by atoms with Crippen LogP contribution in [0.5, 0.6) is 0 Å². The fourth-order valence-electron chi connectivity index (χ4n) is 2.84. The van der Waals surface area contributed by atoms with Gasteiger partial charge in [0, 0.05) is 16.9 Å². The van der Waals surface area contributed by atoms with Crippen molar-refractivity contribution in [1.82, 2.24) is 14.8 Å². The molecular formula is C22H17FN4OS. The zero-order valence-corrected chi connectivity index (χ0v) is 16.1. The zero-order chi connectivity index (χ0) is 20.1. The highest BCUT2D eigenvalue weighted by atomic mass is 32.2. The molecule has 0 aliphatic carbocycles. The van der Waals surface area contributed by atoms with Crippen molar-refractivity contribution in [2.75, 3.05) is 11.1 Å². The van der Waals surface area contributed by atoms with Crippen LogP contribution in [0.4, 0.5) is 10.1 Å². The van der Waals surface area contributed by atoms with Gasteiger partial charge in [-0.1, -0.05) is 60.3 Å². The summed E-state index contributed by atoms with van der Waals surface area (Å²) in [5, 5.41) is 11.9. The van der Waals surface area contributed by atoms with Crippen LogP contribution in [-0.4, -0.2) is 26.4 Å². The molecule has 1 amide bonds.